The molecule has 5 heteroatoms. The van der Waals surface area contributed by atoms with Crippen molar-refractivity contribution in [1.29, 1.82) is 0 Å². The van der Waals surface area contributed by atoms with E-state index < -0.39 is 17.9 Å². The highest BCUT2D eigenvalue weighted by Crippen LogP contribution is 2.11. The van der Waals surface area contributed by atoms with Crippen molar-refractivity contribution in [2.45, 2.75) is 6.92 Å². The number of carboxylic acid groups (broad SMARTS) is 1. The van der Waals surface area contributed by atoms with E-state index in [4.69, 9.17) is 5.11 Å². The van der Waals surface area contributed by atoms with E-state index in [1.165, 1.54) is 31.2 Å². The number of ether oxygens (including phenoxy) is 1. The Morgan fingerprint density at radius 3 is 2.18 bits per heavy atom. The maximum atomic E-state index is 11.5. The predicted octanol–water partition coefficient (Wildman–Crippen LogP) is 1.64. The zero-order valence-corrected chi connectivity index (χ0v) is 9.10. The van der Waals surface area contributed by atoms with Gasteiger partial charge >= 0.3 is 17.9 Å². The molecule has 1 aromatic carbocycles. The Hall–Kier alpha value is -2.43. The van der Waals surface area contributed by atoms with Gasteiger partial charge in [-0.25, -0.2) is 14.4 Å². The number of carboxylic acids is 1. The van der Waals surface area contributed by atoms with E-state index in [-0.39, 0.29) is 16.7 Å². The molecule has 0 radical (unpaired) electrons. The zero-order chi connectivity index (χ0) is 13.0. The van der Waals surface area contributed by atoms with Crippen molar-refractivity contribution < 1.29 is 24.2 Å². The van der Waals surface area contributed by atoms with Gasteiger partial charge in [-0.3, -0.25) is 0 Å². The monoisotopic (exact) mass is 234 g/mol. The highest BCUT2D eigenvalue weighted by atomic mass is 16.6. The Kier molecular flexibility index (Phi) is 3.77. The minimum atomic E-state index is -1.26. The molecule has 0 fully saturated rings. The summed E-state index contributed by atoms with van der Waals surface area (Å²) in [5, 5.41) is 8.85. The molecule has 0 aromatic heterocycles. The molecule has 0 spiro atoms. The van der Waals surface area contributed by atoms with E-state index in [0.717, 1.165) is 0 Å². The van der Waals surface area contributed by atoms with E-state index >= 15 is 0 Å². The van der Waals surface area contributed by atoms with Crippen molar-refractivity contribution in [3.8, 4) is 0 Å². The Balaban J connectivity index is 3.01. The Morgan fingerprint density at radius 2 is 1.71 bits per heavy atom. The molecule has 0 bridgehead atoms. The standard InChI is InChI=1S/C12H10O5/c1-7(2)11(15)17-12(16)9-6-4-3-5-8(9)10(13)14/h3-6H,1H2,2H3,(H,13,14). The van der Waals surface area contributed by atoms with Crippen molar-refractivity contribution in [3.05, 3.63) is 47.5 Å². The lowest BCUT2D eigenvalue weighted by molar-refractivity contribution is -0.133. The number of aromatic carboxylic acids is 1. The first-order valence-corrected chi connectivity index (χ1v) is 4.68. The molecular weight excluding hydrogens is 224 g/mol. The topological polar surface area (TPSA) is 80.7 Å². The summed E-state index contributed by atoms with van der Waals surface area (Å²) in [6.07, 6.45) is 0. The third-order valence-corrected chi connectivity index (χ3v) is 1.91. The number of carbonyl (C=O) groups is 3. The van der Waals surface area contributed by atoms with Crippen LogP contribution in [0.15, 0.2) is 36.4 Å². The molecule has 0 saturated carbocycles. The van der Waals surface area contributed by atoms with Gasteiger partial charge in [0, 0.05) is 5.57 Å². The molecule has 0 aliphatic rings. The first kappa shape index (κ1) is 12.6. The van der Waals surface area contributed by atoms with Gasteiger partial charge in [0.1, 0.15) is 0 Å². The molecule has 0 saturated heterocycles. The highest BCUT2D eigenvalue weighted by molar-refractivity contribution is 6.07. The Labute approximate surface area is 97.3 Å². The van der Waals surface area contributed by atoms with E-state index in [9.17, 15) is 14.4 Å². The Morgan fingerprint density at radius 1 is 1.18 bits per heavy atom. The molecule has 0 amide bonds. The van der Waals surface area contributed by atoms with Crippen LogP contribution in [0.1, 0.15) is 27.6 Å². The molecule has 88 valence electrons. The van der Waals surface area contributed by atoms with E-state index in [0.29, 0.717) is 0 Å². The van der Waals surface area contributed by atoms with Gasteiger partial charge in [0.05, 0.1) is 11.1 Å². The van der Waals surface area contributed by atoms with Crippen LogP contribution in [-0.2, 0) is 9.53 Å². The average molecular weight is 234 g/mol. The molecule has 17 heavy (non-hydrogen) atoms. The number of rotatable bonds is 3. The van der Waals surface area contributed by atoms with Gasteiger partial charge in [-0.2, -0.15) is 0 Å². The lowest BCUT2D eigenvalue weighted by atomic mass is 10.1. The number of hydrogen-bond donors (Lipinski definition) is 1. The number of carbonyl (C=O) groups excluding carboxylic acids is 2. The number of hydrogen-bond acceptors (Lipinski definition) is 4. The fourth-order valence-electron chi connectivity index (χ4n) is 1.07. The van der Waals surface area contributed by atoms with Crippen LogP contribution in [0.3, 0.4) is 0 Å². The van der Waals surface area contributed by atoms with Crippen LogP contribution >= 0.6 is 0 Å². The van der Waals surface area contributed by atoms with E-state index in [1.54, 1.807) is 0 Å². The average Bonchev–Trinajstić information content (AvgIpc) is 2.28. The second-order valence-electron chi connectivity index (χ2n) is 3.31. The lowest BCUT2D eigenvalue weighted by Crippen LogP contribution is -2.16. The van der Waals surface area contributed by atoms with Crippen LogP contribution in [0.25, 0.3) is 0 Å². The normalized spacial score (nSPS) is 9.47. The lowest BCUT2D eigenvalue weighted by Gasteiger charge is -2.05. The third kappa shape index (κ3) is 3.01. The van der Waals surface area contributed by atoms with Crippen molar-refractivity contribution in [2.24, 2.45) is 0 Å². The fourth-order valence-corrected chi connectivity index (χ4v) is 1.07. The summed E-state index contributed by atoms with van der Waals surface area (Å²) in [5.41, 5.74) is -0.326. The minimum absolute atomic E-state index is 0.0613. The van der Waals surface area contributed by atoms with Gasteiger partial charge in [-0.1, -0.05) is 18.7 Å². The summed E-state index contributed by atoms with van der Waals surface area (Å²) in [6, 6.07) is 5.48. The molecular formula is C12H10O5. The van der Waals surface area contributed by atoms with Gasteiger partial charge in [-0.15, -0.1) is 0 Å². The van der Waals surface area contributed by atoms with Crippen molar-refractivity contribution in [3.63, 3.8) is 0 Å². The zero-order valence-electron chi connectivity index (χ0n) is 9.10. The van der Waals surface area contributed by atoms with Crippen molar-refractivity contribution in [1.82, 2.24) is 0 Å². The Bertz CT molecular complexity index is 501. The molecule has 0 heterocycles. The molecule has 0 atom stereocenters. The van der Waals surface area contributed by atoms with Crippen LogP contribution in [0.2, 0.25) is 0 Å². The van der Waals surface area contributed by atoms with Crippen molar-refractivity contribution >= 4 is 17.9 Å². The van der Waals surface area contributed by atoms with Crippen LogP contribution in [0.5, 0.6) is 0 Å². The SMILES string of the molecule is C=C(C)C(=O)OC(=O)c1ccccc1C(=O)O. The predicted molar refractivity (Wildman–Crippen MR) is 58.6 cm³/mol. The highest BCUT2D eigenvalue weighted by Gasteiger charge is 2.19. The maximum absolute atomic E-state index is 11.5. The smallest absolute Gasteiger partial charge is 0.346 e. The van der Waals surface area contributed by atoms with Crippen LogP contribution < -0.4 is 0 Å². The van der Waals surface area contributed by atoms with Gasteiger partial charge in [-0.05, 0) is 19.1 Å². The van der Waals surface area contributed by atoms with Gasteiger partial charge in [0.25, 0.3) is 0 Å². The fraction of sp³-hybridized carbons (Fsp3) is 0.0833. The van der Waals surface area contributed by atoms with Crippen LogP contribution in [0, 0.1) is 0 Å². The van der Waals surface area contributed by atoms with Gasteiger partial charge in [0.2, 0.25) is 0 Å². The summed E-state index contributed by atoms with van der Waals surface area (Å²) in [5.74, 6) is -3.15. The largest absolute Gasteiger partial charge is 0.478 e. The summed E-state index contributed by atoms with van der Waals surface area (Å²) in [4.78, 5) is 33.5. The molecule has 1 aromatic rings. The summed E-state index contributed by atoms with van der Waals surface area (Å²) in [7, 11) is 0. The van der Waals surface area contributed by atoms with Crippen LogP contribution in [-0.4, -0.2) is 23.0 Å². The minimum Gasteiger partial charge on any atom is -0.478 e. The van der Waals surface area contributed by atoms with E-state index in [1.807, 2.05) is 0 Å². The number of esters is 2. The maximum Gasteiger partial charge on any atom is 0.346 e. The summed E-state index contributed by atoms with van der Waals surface area (Å²) >= 11 is 0. The van der Waals surface area contributed by atoms with Crippen LogP contribution in [0.4, 0.5) is 0 Å². The van der Waals surface area contributed by atoms with Crippen molar-refractivity contribution in [2.75, 3.05) is 0 Å². The number of benzene rings is 1. The molecule has 0 aliphatic carbocycles. The first-order chi connectivity index (χ1) is 7.93. The van der Waals surface area contributed by atoms with Gasteiger partial charge < -0.3 is 9.84 Å². The second kappa shape index (κ2) is 5.07. The molecule has 1 N–H and O–H groups in total. The summed E-state index contributed by atoms with van der Waals surface area (Å²) in [6.45, 7) is 4.70. The second-order valence-corrected chi connectivity index (χ2v) is 3.31. The first-order valence-electron chi connectivity index (χ1n) is 4.68. The van der Waals surface area contributed by atoms with Gasteiger partial charge in [0.15, 0.2) is 0 Å². The quantitative estimate of drug-likeness (QED) is 0.488. The third-order valence-electron chi connectivity index (χ3n) is 1.91. The molecule has 5 nitrogen and oxygen atoms in total. The molecule has 1 rings (SSSR count). The molecule has 0 unspecified atom stereocenters. The van der Waals surface area contributed by atoms with E-state index in [2.05, 4.69) is 11.3 Å². The molecule has 0 aliphatic heterocycles. The summed E-state index contributed by atoms with van der Waals surface area (Å²) < 4.78 is 4.45.